The molecule has 2 aliphatic heterocycles. The molecule has 0 saturated carbocycles. The molecule has 2 amide bonds. The van der Waals surface area contributed by atoms with Crippen LogP contribution in [0.5, 0.6) is 5.75 Å². The van der Waals surface area contributed by atoms with E-state index in [9.17, 15) is 4.79 Å². The highest BCUT2D eigenvalue weighted by molar-refractivity contribution is 8.00. The Bertz CT molecular complexity index is 1250. The molecule has 1 fully saturated rings. The second-order valence-corrected chi connectivity index (χ2v) is 10.5. The second-order valence-electron chi connectivity index (χ2n) is 9.59. The monoisotopic (exact) mass is 522 g/mol. The molecule has 0 aliphatic carbocycles. The maximum Gasteiger partial charge on any atom is 0.322 e. The summed E-state index contributed by atoms with van der Waals surface area (Å²) in [6, 6.07) is 11.9. The van der Waals surface area contributed by atoms with Crippen molar-refractivity contribution >= 4 is 35.2 Å². The number of nitrogens with zero attached hydrogens (tertiary/aromatic N) is 4. The number of hydrogen-bond acceptors (Lipinski definition) is 8. The Labute approximate surface area is 222 Å². The van der Waals surface area contributed by atoms with Crippen molar-refractivity contribution in [2.24, 2.45) is 0 Å². The van der Waals surface area contributed by atoms with Crippen LogP contribution in [0.2, 0.25) is 0 Å². The molecule has 0 spiro atoms. The van der Waals surface area contributed by atoms with E-state index in [1.807, 2.05) is 43.0 Å². The van der Waals surface area contributed by atoms with Crippen molar-refractivity contribution in [1.29, 1.82) is 0 Å². The van der Waals surface area contributed by atoms with Gasteiger partial charge in [0.1, 0.15) is 5.75 Å². The molecule has 1 saturated heterocycles. The van der Waals surface area contributed by atoms with Gasteiger partial charge in [0.05, 0.1) is 12.8 Å². The molecule has 196 valence electrons. The molecule has 2 aliphatic rings. The molecule has 0 atom stereocenters. The van der Waals surface area contributed by atoms with Crippen LogP contribution in [0, 0.1) is 13.8 Å². The molecule has 0 radical (unpaired) electrons. The number of likely N-dealkylation sites (N-methyl/N-ethyl adjacent to an activating group) is 1. The fourth-order valence-corrected chi connectivity index (χ4v) is 5.43. The average molecular weight is 523 g/mol. The quantitative estimate of drug-likeness (QED) is 0.448. The Hall–Kier alpha value is -3.37. The first-order chi connectivity index (χ1) is 17.9. The van der Waals surface area contributed by atoms with Crippen LogP contribution in [-0.2, 0) is 13.0 Å². The topological polar surface area (TPSA) is 86.1 Å². The Morgan fingerprint density at radius 1 is 1.03 bits per heavy atom. The van der Waals surface area contributed by atoms with Crippen LogP contribution in [0.1, 0.15) is 22.4 Å². The summed E-state index contributed by atoms with van der Waals surface area (Å²) in [6.45, 7) is 9.13. The Morgan fingerprint density at radius 2 is 1.78 bits per heavy atom. The van der Waals surface area contributed by atoms with Crippen molar-refractivity contribution in [3.8, 4) is 5.75 Å². The van der Waals surface area contributed by atoms with Crippen molar-refractivity contribution < 1.29 is 14.1 Å². The van der Waals surface area contributed by atoms with E-state index in [1.165, 1.54) is 28.8 Å². The molecule has 3 aromatic rings. The summed E-state index contributed by atoms with van der Waals surface area (Å²) in [7, 11) is 3.88. The Balaban J connectivity index is 1.24. The van der Waals surface area contributed by atoms with Crippen molar-refractivity contribution in [3.05, 3.63) is 58.8 Å². The van der Waals surface area contributed by atoms with E-state index in [0.717, 1.165) is 60.2 Å². The number of urea groups is 1. The van der Waals surface area contributed by atoms with Gasteiger partial charge in [-0.1, -0.05) is 5.16 Å². The zero-order chi connectivity index (χ0) is 25.9. The minimum absolute atomic E-state index is 0.0934. The smallest absolute Gasteiger partial charge is 0.322 e. The maximum atomic E-state index is 13.2. The summed E-state index contributed by atoms with van der Waals surface area (Å²) in [5.74, 6) is 1.56. The van der Waals surface area contributed by atoms with E-state index in [4.69, 9.17) is 9.26 Å². The van der Waals surface area contributed by atoms with Crippen LogP contribution in [0.15, 0.2) is 45.8 Å². The molecular formula is C27H34N6O3S. The number of nitrogens with one attached hydrogen (secondary N) is 2. The molecule has 10 heteroatoms. The number of piperazine rings is 1. The van der Waals surface area contributed by atoms with Crippen LogP contribution in [0.3, 0.4) is 0 Å². The Kier molecular flexibility index (Phi) is 7.48. The minimum Gasteiger partial charge on any atom is -0.496 e. The summed E-state index contributed by atoms with van der Waals surface area (Å²) in [5, 5.41) is 7.03. The van der Waals surface area contributed by atoms with Gasteiger partial charge in [-0.05, 0) is 75.7 Å². The highest BCUT2D eigenvalue weighted by Gasteiger charge is 2.28. The summed E-state index contributed by atoms with van der Waals surface area (Å²) in [5.41, 5.74) is 6.25. The van der Waals surface area contributed by atoms with Gasteiger partial charge in [0, 0.05) is 72.2 Å². The maximum absolute atomic E-state index is 13.2. The van der Waals surface area contributed by atoms with E-state index in [1.54, 1.807) is 7.11 Å². The number of aromatic nitrogens is 1. The van der Waals surface area contributed by atoms with Gasteiger partial charge < -0.3 is 29.3 Å². The number of amides is 2. The SMILES string of the molecule is COc1ccc(N2CCN(C)CC2)c2c1CCN(C(=O)Nc1ccc(SNc3onc(C)c3C)cc1)C2. The van der Waals surface area contributed by atoms with Gasteiger partial charge in [-0.25, -0.2) is 4.79 Å². The first-order valence-electron chi connectivity index (χ1n) is 12.6. The lowest BCUT2D eigenvalue weighted by molar-refractivity contribution is 0.206. The number of methoxy groups -OCH3 is 1. The van der Waals surface area contributed by atoms with Crippen LogP contribution in [0.4, 0.5) is 22.1 Å². The van der Waals surface area contributed by atoms with E-state index >= 15 is 0 Å². The lowest BCUT2D eigenvalue weighted by Crippen LogP contribution is -2.46. The zero-order valence-electron chi connectivity index (χ0n) is 21.8. The normalized spacial score (nSPS) is 15.9. The number of aryl methyl sites for hydroxylation is 1. The first-order valence-corrected chi connectivity index (χ1v) is 13.4. The number of benzene rings is 2. The van der Waals surface area contributed by atoms with Crippen LogP contribution in [-0.4, -0.2) is 67.9 Å². The second kappa shape index (κ2) is 10.9. The lowest BCUT2D eigenvalue weighted by atomic mass is 9.96. The van der Waals surface area contributed by atoms with E-state index in [0.29, 0.717) is 19.0 Å². The van der Waals surface area contributed by atoms with E-state index < -0.39 is 0 Å². The van der Waals surface area contributed by atoms with E-state index in [2.05, 4.69) is 44.2 Å². The van der Waals surface area contributed by atoms with Gasteiger partial charge in [-0.2, -0.15) is 0 Å². The third-order valence-electron chi connectivity index (χ3n) is 7.22. The zero-order valence-corrected chi connectivity index (χ0v) is 22.7. The average Bonchev–Trinajstić information content (AvgIpc) is 3.24. The molecule has 3 heterocycles. The van der Waals surface area contributed by atoms with Crippen molar-refractivity contribution in [3.63, 3.8) is 0 Å². The lowest BCUT2D eigenvalue weighted by Gasteiger charge is -2.38. The molecule has 37 heavy (non-hydrogen) atoms. The number of carbonyl (C=O) groups excluding carboxylic acids is 1. The minimum atomic E-state index is -0.0934. The molecule has 0 unspecified atom stereocenters. The van der Waals surface area contributed by atoms with Gasteiger partial charge in [-0.3, -0.25) is 4.72 Å². The molecular weight excluding hydrogens is 488 g/mol. The molecule has 2 N–H and O–H groups in total. The summed E-state index contributed by atoms with van der Waals surface area (Å²) in [4.78, 5) is 20.9. The van der Waals surface area contributed by atoms with Crippen LogP contribution in [0.25, 0.3) is 0 Å². The van der Waals surface area contributed by atoms with Crippen LogP contribution >= 0.6 is 11.9 Å². The number of anilines is 3. The first kappa shape index (κ1) is 25.3. The number of hydrogen-bond donors (Lipinski definition) is 2. The molecule has 9 nitrogen and oxygen atoms in total. The van der Waals surface area contributed by atoms with Crippen molar-refractivity contribution in [1.82, 2.24) is 15.0 Å². The van der Waals surface area contributed by atoms with Gasteiger partial charge in [0.2, 0.25) is 5.88 Å². The van der Waals surface area contributed by atoms with Gasteiger partial charge in [0.15, 0.2) is 0 Å². The van der Waals surface area contributed by atoms with Crippen molar-refractivity contribution in [2.75, 3.05) is 61.8 Å². The molecule has 2 aromatic carbocycles. The predicted molar refractivity (Wildman–Crippen MR) is 148 cm³/mol. The standard InChI is InChI=1S/C27H34N6O3S/c1-18-19(2)29-36-26(18)30-37-21-7-5-20(6-8-21)28-27(34)33-12-11-22-23(17-33)24(9-10-25(22)35-4)32-15-13-31(3)14-16-32/h5-10,30H,11-17H2,1-4H3,(H,28,34). The molecule has 5 rings (SSSR count). The van der Waals surface area contributed by atoms with Gasteiger partial charge in [0.25, 0.3) is 0 Å². The summed E-state index contributed by atoms with van der Waals surface area (Å²) >= 11 is 1.44. The number of fused-ring (bicyclic) bond motifs is 1. The number of rotatable bonds is 6. The van der Waals surface area contributed by atoms with Gasteiger partial charge >= 0.3 is 6.03 Å². The number of carbonyl (C=O) groups is 1. The summed E-state index contributed by atoms with van der Waals surface area (Å²) < 4.78 is 14.2. The third-order valence-corrected chi connectivity index (χ3v) is 8.01. The molecule has 0 bridgehead atoms. The predicted octanol–water partition coefficient (Wildman–Crippen LogP) is 4.76. The third kappa shape index (κ3) is 5.50. The Morgan fingerprint density at radius 3 is 2.46 bits per heavy atom. The van der Waals surface area contributed by atoms with Crippen LogP contribution < -0.4 is 19.7 Å². The van der Waals surface area contributed by atoms with Crippen molar-refractivity contribution in [2.45, 2.75) is 31.7 Å². The fourth-order valence-electron chi connectivity index (χ4n) is 4.76. The fraction of sp³-hybridized carbons (Fsp3) is 0.407. The molecule has 1 aromatic heterocycles. The highest BCUT2D eigenvalue weighted by Crippen LogP contribution is 2.36. The van der Waals surface area contributed by atoms with E-state index in [-0.39, 0.29) is 6.03 Å². The number of ether oxygens (including phenoxy) is 1. The van der Waals surface area contributed by atoms with Gasteiger partial charge in [-0.15, -0.1) is 0 Å². The summed E-state index contributed by atoms with van der Waals surface area (Å²) in [6.07, 6.45) is 0.773. The highest BCUT2D eigenvalue weighted by atomic mass is 32.2. The largest absolute Gasteiger partial charge is 0.496 e.